The summed E-state index contributed by atoms with van der Waals surface area (Å²) in [6, 6.07) is 8.77. The molecule has 0 aliphatic heterocycles. The largest absolute Gasteiger partial charge is 0.486 e. The van der Waals surface area contributed by atoms with Crippen LogP contribution in [-0.4, -0.2) is 10.9 Å². The van der Waals surface area contributed by atoms with Crippen LogP contribution in [0.15, 0.2) is 41.1 Å². The molecule has 4 nitrogen and oxygen atoms in total. The number of hydrogen-bond acceptors (Lipinski definition) is 4. The van der Waals surface area contributed by atoms with Crippen molar-refractivity contribution in [3.05, 3.63) is 47.9 Å². The Morgan fingerprint density at radius 2 is 2.31 bits per heavy atom. The van der Waals surface area contributed by atoms with Gasteiger partial charge in [0.1, 0.15) is 12.4 Å². The molecule has 0 atom stereocenters. The van der Waals surface area contributed by atoms with Crippen LogP contribution < -0.4 is 4.74 Å². The van der Waals surface area contributed by atoms with E-state index in [0.717, 1.165) is 0 Å². The van der Waals surface area contributed by atoms with Crippen molar-refractivity contribution in [1.29, 1.82) is 0 Å². The Morgan fingerprint density at radius 3 is 3.00 bits per heavy atom. The lowest BCUT2D eigenvalue weighted by atomic mass is 10.1. The summed E-state index contributed by atoms with van der Waals surface area (Å²) in [7, 11) is 0. The number of ether oxygens (including phenoxy) is 1. The lowest BCUT2D eigenvalue weighted by molar-refractivity contribution is 0.101. The number of carbonyl (C=O) groups is 1. The highest BCUT2D eigenvalue weighted by Gasteiger charge is 2.02. The summed E-state index contributed by atoms with van der Waals surface area (Å²) in [6.45, 7) is 1.83. The first-order valence-corrected chi connectivity index (χ1v) is 4.89. The van der Waals surface area contributed by atoms with E-state index in [1.54, 1.807) is 36.5 Å². The lowest BCUT2D eigenvalue weighted by Gasteiger charge is -2.04. The van der Waals surface area contributed by atoms with Crippen LogP contribution in [-0.2, 0) is 6.61 Å². The summed E-state index contributed by atoms with van der Waals surface area (Å²) >= 11 is 0. The second kappa shape index (κ2) is 4.61. The van der Waals surface area contributed by atoms with Crippen LogP contribution >= 0.6 is 0 Å². The van der Waals surface area contributed by atoms with Crippen LogP contribution in [0.5, 0.6) is 5.75 Å². The Morgan fingerprint density at radius 1 is 1.44 bits per heavy atom. The van der Waals surface area contributed by atoms with Crippen LogP contribution in [0.3, 0.4) is 0 Å². The lowest BCUT2D eigenvalue weighted by Crippen LogP contribution is -1.96. The number of ketones is 1. The molecule has 16 heavy (non-hydrogen) atoms. The first-order valence-electron chi connectivity index (χ1n) is 4.89. The predicted molar refractivity (Wildman–Crippen MR) is 57.3 cm³/mol. The molecule has 0 saturated carbocycles. The smallest absolute Gasteiger partial charge is 0.174 e. The monoisotopic (exact) mass is 217 g/mol. The van der Waals surface area contributed by atoms with Crippen molar-refractivity contribution in [2.75, 3.05) is 0 Å². The van der Waals surface area contributed by atoms with Crippen molar-refractivity contribution < 1.29 is 14.1 Å². The molecular formula is C12H11NO3. The highest BCUT2D eigenvalue weighted by atomic mass is 16.5. The van der Waals surface area contributed by atoms with E-state index >= 15 is 0 Å². The van der Waals surface area contributed by atoms with E-state index in [1.807, 2.05) is 0 Å². The Kier molecular flexibility index (Phi) is 3.00. The van der Waals surface area contributed by atoms with Gasteiger partial charge in [0.2, 0.25) is 0 Å². The second-order valence-electron chi connectivity index (χ2n) is 3.35. The van der Waals surface area contributed by atoms with Gasteiger partial charge in [0.05, 0.1) is 6.20 Å². The molecule has 0 aliphatic rings. The molecule has 0 fully saturated rings. The van der Waals surface area contributed by atoms with Gasteiger partial charge in [0, 0.05) is 11.6 Å². The SMILES string of the molecule is CC(=O)c1cccc(OCc2ccno2)c1. The highest BCUT2D eigenvalue weighted by Crippen LogP contribution is 2.15. The molecule has 0 aliphatic carbocycles. The number of Topliss-reactive ketones (excluding diaryl/α,β-unsaturated/α-hetero) is 1. The number of carbonyl (C=O) groups excluding carboxylic acids is 1. The zero-order valence-electron chi connectivity index (χ0n) is 8.84. The van der Waals surface area contributed by atoms with Gasteiger partial charge in [0.25, 0.3) is 0 Å². The molecule has 0 amide bonds. The third-order valence-electron chi connectivity index (χ3n) is 2.11. The van der Waals surface area contributed by atoms with E-state index in [-0.39, 0.29) is 5.78 Å². The fourth-order valence-corrected chi connectivity index (χ4v) is 1.28. The van der Waals surface area contributed by atoms with Crippen LogP contribution in [0.25, 0.3) is 0 Å². The van der Waals surface area contributed by atoms with Gasteiger partial charge in [-0.25, -0.2) is 0 Å². The average molecular weight is 217 g/mol. The molecule has 0 unspecified atom stereocenters. The maximum atomic E-state index is 11.1. The average Bonchev–Trinajstić information content (AvgIpc) is 2.79. The molecule has 0 saturated heterocycles. The zero-order chi connectivity index (χ0) is 11.4. The first kappa shape index (κ1) is 10.4. The summed E-state index contributed by atoms with van der Waals surface area (Å²) < 4.78 is 10.3. The Balaban J connectivity index is 2.04. The maximum Gasteiger partial charge on any atom is 0.174 e. The summed E-state index contributed by atoms with van der Waals surface area (Å²) in [4.78, 5) is 11.1. The van der Waals surface area contributed by atoms with Gasteiger partial charge in [-0.15, -0.1) is 0 Å². The van der Waals surface area contributed by atoms with Crippen molar-refractivity contribution in [3.8, 4) is 5.75 Å². The van der Waals surface area contributed by atoms with Crippen molar-refractivity contribution in [1.82, 2.24) is 5.16 Å². The molecule has 0 spiro atoms. The van der Waals surface area contributed by atoms with Crippen molar-refractivity contribution in [3.63, 3.8) is 0 Å². The molecule has 2 aromatic rings. The minimum Gasteiger partial charge on any atom is -0.486 e. The maximum absolute atomic E-state index is 11.1. The second-order valence-corrected chi connectivity index (χ2v) is 3.35. The van der Waals surface area contributed by atoms with Gasteiger partial charge in [0.15, 0.2) is 11.5 Å². The fraction of sp³-hybridized carbons (Fsp3) is 0.167. The Bertz CT molecular complexity index is 477. The number of rotatable bonds is 4. The summed E-state index contributed by atoms with van der Waals surface area (Å²) in [5.74, 6) is 1.31. The Labute approximate surface area is 92.8 Å². The van der Waals surface area contributed by atoms with E-state index in [0.29, 0.717) is 23.7 Å². The topological polar surface area (TPSA) is 52.3 Å². The molecule has 1 aromatic carbocycles. The van der Waals surface area contributed by atoms with Gasteiger partial charge < -0.3 is 9.26 Å². The molecule has 0 bridgehead atoms. The van der Waals surface area contributed by atoms with Crippen molar-refractivity contribution in [2.45, 2.75) is 13.5 Å². The summed E-state index contributed by atoms with van der Waals surface area (Å²) in [5.41, 5.74) is 0.634. The molecule has 1 aromatic heterocycles. The molecule has 0 radical (unpaired) electrons. The quantitative estimate of drug-likeness (QED) is 0.738. The van der Waals surface area contributed by atoms with Gasteiger partial charge in [-0.3, -0.25) is 4.79 Å². The predicted octanol–water partition coefficient (Wildman–Crippen LogP) is 2.46. The minimum absolute atomic E-state index is 0.0186. The van der Waals surface area contributed by atoms with E-state index < -0.39 is 0 Å². The van der Waals surface area contributed by atoms with Crippen LogP contribution in [0.4, 0.5) is 0 Å². The van der Waals surface area contributed by atoms with E-state index in [1.165, 1.54) is 6.92 Å². The third kappa shape index (κ3) is 2.48. The molecule has 4 heteroatoms. The molecule has 2 rings (SSSR count). The minimum atomic E-state index is 0.0186. The number of hydrogen-bond donors (Lipinski definition) is 0. The van der Waals surface area contributed by atoms with E-state index in [4.69, 9.17) is 9.26 Å². The first-order chi connectivity index (χ1) is 7.75. The summed E-state index contributed by atoms with van der Waals surface area (Å²) in [5, 5.41) is 3.57. The standard InChI is InChI=1S/C12H11NO3/c1-9(14)10-3-2-4-11(7-10)15-8-12-5-6-13-16-12/h2-7H,8H2,1H3. The van der Waals surface area contributed by atoms with Gasteiger partial charge in [-0.05, 0) is 19.1 Å². The summed E-state index contributed by atoms with van der Waals surface area (Å²) in [6.07, 6.45) is 1.56. The van der Waals surface area contributed by atoms with E-state index in [9.17, 15) is 4.79 Å². The van der Waals surface area contributed by atoms with Gasteiger partial charge in [-0.1, -0.05) is 17.3 Å². The van der Waals surface area contributed by atoms with Crippen LogP contribution in [0.1, 0.15) is 23.0 Å². The molecular weight excluding hydrogens is 206 g/mol. The van der Waals surface area contributed by atoms with Gasteiger partial charge in [-0.2, -0.15) is 0 Å². The number of aromatic nitrogens is 1. The van der Waals surface area contributed by atoms with Crippen LogP contribution in [0, 0.1) is 0 Å². The van der Waals surface area contributed by atoms with Gasteiger partial charge >= 0.3 is 0 Å². The zero-order valence-corrected chi connectivity index (χ0v) is 8.84. The highest BCUT2D eigenvalue weighted by molar-refractivity contribution is 5.94. The fourth-order valence-electron chi connectivity index (χ4n) is 1.28. The van der Waals surface area contributed by atoms with Crippen LogP contribution in [0.2, 0.25) is 0 Å². The third-order valence-corrected chi connectivity index (χ3v) is 2.11. The van der Waals surface area contributed by atoms with Crippen molar-refractivity contribution in [2.24, 2.45) is 0 Å². The molecule has 0 N–H and O–H groups in total. The van der Waals surface area contributed by atoms with E-state index in [2.05, 4.69) is 5.16 Å². The number of nitrogens with zero attached hydrogens (tertiary/aromatic N) is 1. The number of benzene rings is 1. The normalized spacial score (nSPS) is 10.1. The Hall–Kier alpha value is -2.10. The molecule has 82 valence electrons. The van der Waals surface area contributed by atoms with Crippen molar-refractivity contribution >= 4 is 5.78 Å². The molecule has 1 heterocycles.